The van der Waals surface area contributed by atoms with Gasteiger partial charge in [-0.05, 0) is 26.0 Å². The fourth-order valence-corrected chi connectivity index (χ4v) is 1.20. The zero-order valence-electron chi connectivity index (χ0n) is 7.50. The molecular formula is C9H10N2O2. The van der Waals surface area contributed by atoms with Crippen molar-refractivity contribution in [1.82, 2.24) is 4.98 Å². The summed E-state index contributed by atoms with van der Waals surface area (Å²) in [6.07, 6.45) is 0. The highest BCUT2D eigenvalue weighted by molar-refractivity contribution is 5.54. The van der Waals surface area contributed by atoms with Gasteiger partial charge in [0.2, 0.25) is 0 Å². The normalized spacial score (nSPS) is 10.6. The second-order valence-electron chi connectivity index (χ2n) is 2.88. The largest absolute Gasteiger partial charge is 0.458 e. The maximum atomic E-state index is 5.40. The Hall–Kier alpha value is -1.71. The van der Waals surface area contributed by atoms with Crippen molar-refractivity contribution >= 4 is 6.01 Å². The van der Waals surface area contributed by atoms with Gasteiger partial charge in [0.05, 0.1) is 5.69 Å². The number of anilines is 1. The molecule has 0 saturated heterocycles. The van der Waals surface area contributed by atoms with Crippen molar-refractivity contribution in [2.75, 3.05) is 5.73 Å². The van der Waals surface area contributed by atoms with Crippen molar-refractivity contribution in [3.05, 3.63) is 23.6 Å². The van der Waals surface area contributed by atoms with Gasteiger partial charge in [-0.1, -0.05) is 0 Å². The topological polar surface area (TPSA) is 65.2 Å². The highest BCUT2D eigenvalue weighted by atomic mass is 16.4. The van der Waals surface area contributed by atoms with Gasteiger partial charge >= 0.3 is 0 Å². The molecule has 0 aliphatic carbocycles. The van der Waals surface area contributed by atoms with Gasteiger partial charge in [0.25, 0.3) is 6.01 Å². The van der Waals surface area contributed by atoms with Crippen LogP contribution in [0, 0.1) is 13.8 Å². The van der Waals surface area contributed by atoms with E-state index in [1.807, 2.05) is 26.0 Å². The first-order chi connectivity index (χ1) is 6.16. The van der Waals surface area contributed by atoms with E-state index in [1.165, 1.54) is 0 Å². The Morgan fingerprint density at radius 2 is 2.00 bits per heavy atom. The molecule has 0 saturated carbocycles. The molecule has 0 amide bonds. The molecule has 2 heterocycles. The summed E-state index contributed by atoms with van der Waals surface area (Å²) in [6, 6.07) is 3.87. The van der Waals surface area contributed by atoms with Crippen molar-refractivity contribution in [2.24, 2.45) is 0 Å². The number of furan rings is 1. The van der Waals surface area contributed by atoms with Gasteiger partial charge in [-0.3, -0.25) is 0 Å². The van der Waals surface area contributed by atoms with E-state index >= 15 is 0 Å². The predicted molar refractivity (Wildman–Crippen MR) is 48.1 cm³/mol. The number of rotatable bonds is 1. The van der Waals surface area contributed by atoms with Crippen LogP contribution in [0.1, 0.15) is 11.5 Å². The summed E-state index contributed by atoms with van der Waals surface area (Å²) in [5, 5.41) is 0. The quantitative estimate of drug-likeness (QED) is 0.726. The highest BCUT2D eigenvalue weighted by Crippen LogP contribution is 2.26. The molecule has 2 aromatic heterocycles. The SMILES string of the molecule is Cc1ccc(-c2oc(N)nc2C)o1. The third-order valence-corrected chi connectivity index (χ3v) is 1.78. The lowest BCUT2D eigenvalue weighted by molar-refractivity contribution is 0.511. The minimum absolute atomic E-state index is 0.168. The Bertz CT molecular complexity index is 429. The lowest BCUT2D eigenvalue weighted by atomic mass is 10.3. The Morgan fingerprint density at radius 1 is 1.23 bits per heavy atom. The van der Waals surface area contributed by atoms with Crippen LogP contribution in [0.15, 0.2) is 21.0 Å². The molecule has 0 bridgehead atoms. The number of hydrogen-bond donors (Lipinski definition) is 1. The minimum Gasteiger partial charge on any atom is -0.458 e. The van der Waals surface area contributed by atoms with E-state index in [-0.39, 0.29) is 6.01 Å². The second-order valence-corrected chi connectivity index (χ2v) is 2.88. The smallest absolute Gasteiger partial charge is 0.292 e. The second kappa shape index (κ2) is 2.65. The molecule has 0 unspecified atom stereocenters. The maximum Gasteiger partial charge on any atom is 0.292 e. The van der Waals surface area contributed by atoms with Crippen LogP contribution in [-0.4, -0.2) is 4.98 Å². The van der Waals surface area contributed by atoms with Crippen LogP contribution in [-0.2, 0) is 0 Å². The first-order valence-electron chi connectivity index (χ1n) is 3.96. The Kier molecular flexibility index (Phi) is 1.62. The zero-order chi connectivity index (χ0) is 9.42. The first kappa shape index (κ1) is 7.91. The number of nitrogens with zero attached hydrogens (tertiary/aromatic N) is 1. The molecule has 13 heavy (non-hydrogen) atoms. The summed E-state index contributed by atoms with van der Waals surface area (Å²) >= 11 is 0. The third kappa shape index (κ3) is 1.30. The molecule has 2 aromatic rings. The average Bonchev–Trinajstić information content (AvgIpc) is 2.58. The zero-order valence-corrected chi connectivity index (χ0v) is 7.50. The molecule has 0 atom stereocenters. The summed E-state index contributed by atoms with van der Waals surface area (Å²) in [5.41, 5.74) is 6.15. The summed E-state index contributed by atoms with van der Waals surface area (Å²) in [6.45, 7) is 3.70. The van der Waals surface area contributed by atoms with E-state index in [4.69, 9.17) is 14.6 Å². The standard InChI is InChI=1S/C9H10N2O2/c1-5-3-4-7(12-5)8-6(2)11-9(10)13-8/h3-4H,1-2H3,(H2,10,11). The van der Waals surface area contributed by atoms with Gasteiger partial charge in [0.1, 0.15) is 5.76 Å². The number of aromatic nitrogens is 1. The molecule has 2 N–H and O–H groups in total. The van der Waals surface area contributed by atoms with E-state index in [2.05, 4.69) is 4.98 Å². The summed E-state index contributed by atoms with van der Waals surface area (Å²) in [4.78, 5) is 3.95. The van der Waals surface area contributed by atoms with Crippen molar-refractivity contribution in [3.8, 4) is 11.5 Å². The molecular weight excluding hydrogens is 168 g/mol. The van der Waals surface area contributed by atoms with Crippen molar-refractivity contribution in [1.29, 1.82) is 0 Å². The maximum absolute atomic E-state index is 5.40. The van der Waals surface area contributed by atoms with Gasteiger partial charge in [0.15, 0.2) is 11.5 Å². The van der Waals surface area contributed by atoms with Crippen LogP contribution >= 0.6 is 0 Å². The molecule has 0 fully saturated rings. The van der Waals surface area contributed by atoms with Gasteiger partial charge in [-0.25, -0.2) is 0 Å². The predicted octanol–water partition coefficient (Wildman–Crippen LogP) is 2.13. The van der Waals surface area contributed by atoms with Crippen molar-refractivity contribution in [2.45, 2.75) is 13.8 Å². The molecule has 4 nitrogen and oxygen atoms in total. The van der Waals surface area contributed by atoms with Crippen LogP contribution in [0.5, 0.6) is 0 Å². The Labute approximate surface area is 75.4 Å². The lowest BCUT2D eigenvalue weighted by Crippen LogP contribution is -1.81. The summed E-state index contributed by atoms with van der Waals surface area (Å²) < 4.78 is 10.6. The number of hydrogen-bond acceptors (Lipinski definition) is 4. The first-order valence-corrected chi connectivity index (χ1v) is 3.96. The van der Waals surface area contributed by atoms with E-state index in [1.54, 1.807) is 0 Å². The fourth-order valence-electron chi connectivity index (χ4n) is 1.20. The molecule has 0 spiro atoms. The van der Waals surface area contributed by atoms with Crippen LogP contribution in [0.4, 0.5) is 6.01 Å². The van der Waals surface area contributed by atoms with Crippen LogP contribution in [0.3, 0.4) is 0 Å². The van der Waals surface area contributed by atoms with E-state index in [0.717, 1.165) is 11.5 Å². The number of aryl methyl sites for hydroxylation is 2. The molecule has 0 aliphatic heterocycles. The minimum atomic E-state index is 0.168. The number of nitrogen functional groups attached to an aromatic ring is 1. The molecule has 4 heteroatoms. The third-order valence-electron chi connectivity index (χ3n) is 1.78. The van der Waals surface area contributed by atoms with E-state index in [0.29, 0.717) is 11.5 Å². The van der Waals surface area contributed by atoms with Crippen molar-refractivity contribution < 1.29 is 8.83 Å². The lowest BCUT2D eigenvalue weighted by Gasteiger charge is -1.89. The Morgan fingerprint density at radius 3 is 2.46 bits per heavy atom. The Balaban J connectivity index is 2.51. The fraction of sp³-hybridized carbons (Fsp3) is 0.222. The van der Waals surface area contributed by atoms with E-state index < -0.39 is 0 Å². The summed E-state index contributed by atoms with van der Waals surface area (Å²) in [5.74, 6) is 2.11. The summed E-state index contributed by atoms with van der Waals surface area (Å²) in [7, 11) is 0. The van der Waals surface area contributed by atoms with Gasteiger partial charge < -0.3 is 14.6 Å². The highest BCUT2D eigenvalue weighted by Gasteiger charge is 2.12. The van der Waals surface area contributed by atoms with E-state index in [9.17, 15) is 0 Å². The average molecular weight is 178 g/mol. The monoisotopic (exact) mass is 178 g/mol. The molecule has 0 radical (unpaired) electrons. The van der Waals surface area contributed by atoms with Gasteiger partial charge in [-0.15, -0.1) is 0 Å². The molecule has 0 aliphatic rings. The van der Waals surface area contributed by atoms with Crippen LogP contribution < -0.4 is 5.73 Å². The van der Waals surface area contributed by atoms with Gasteiger partial charge in [-0.2, -0.15) is 4.98 Å². The van der Waals surface area contributed by atoms with Gasteiger partial charge in [0, 0.05) is 0 Å². The molecule has 68 valence electrons. The van der Waals surface area contributed by atoms with Crippen LogP contribution in [0.2, 0.25) is 0 Å². The van der Waals surface area contributed by atoms with Crippen molar-refractivity contribution in [3.63, 3.8) is 0 Å². The molecule has 0 aromatic carbocycles. The number of oxazole rings is 1. The molecule has 2 rings (SSSR count). The number of nitrogens with two attached hydrogens (primary N) is 1. The van der Waals surface area contributed by atoms with Crippen LogP contribution in [0.25, 0.3) is 11.5 Å².